The first-order valence-corrected chi connectivity index (χ1v) is 18.8. The third-order valence-electron chi connectivity index (χ3n) is 11.9. The van der Waals surface area contributed by atoms with Gasteiger partial charge in [0, 0.05) is 57.0 Å². The number of hydrogen-bond donors (Lipinski definition) is 0. The Kier molecular flexibility index (Phi) is 5.73. The normalized spacial score (nSPS) is 14.0. The summed E-state index contributed by atoms with van der Waals surface area (Å²) in [5.74, 6) is 3.39. The zero-order valence-corrected chi connectivity index (χ0v) is 29.4. The molecule has 0 bridgehead atoms. The van der Waals surface area contributed by atoms with Crippen molar-refractivity contribution < 1.29 is 13.9 Å². The Morgan fingerprint density at radius 1 is 0.345 bits per heavy atom. The Balaban J connectivity index is 1.02. The molecule has 8 aromatic carbocycles. The van der Waals surface area contributed by atoms with Crippen LogP contribution in [0.25, 0.3) is 21.9 Å². The predicted octanol–water partition coefficient (Wildman–Crippen LogP) is 8.40. The average molecular weight is 702 g/mol. The first-order chi connectivity index (χ1) is 27.3. The summed E-state index contributed by atoms with van der Waals surface area (Å²) < 4.78 is 20.3. The maximum atomic E-state index is 6.79. The van der Waals surface area contributed by atoms with Crippen LogP contribution in [0.5, 0.6) is 23.0 Å². The number of ether oxygens (including phenoxy) is 2. The molecule has 55 heavy (non-hydrogen) atoms. The molecule has 0 aliphatic carbocycles. The van der Waals surface area contributed by atoms with Crippen LogP contribution in [0.3, 0.4) is 0 Å². The Hall–Kier alpha value is -7.11. The van der Waals surface area contributed by atoms with Crippen LogP contribution in [0.2, 0.25) is 0 Å². The molecule has 0 saturated carbocycles. The Morgan fingerprint density at radius 3 is 1.24 bits per heavy atom. The van der Waals surface area contributed by atoms with Crippen LogP contribution >= 0.6 is 0 Å². The lowest BCUT2D eigenvalue weighted by molar-refractivity contribution is 0.486. The van der Waals surface area contributed by atoms with Gasteiger partial charge in [-0.3, -0.25) is 0 Å². The van der Waals surface area contributed by atoms with Gasteiger partial charge in [-0.2, -0.15) is 0 Å². The molecule has 0 spiro atoms. The predicted molar refractivity (Wildman–Crippen MR) is 225 cm³/mol. The standard InChI is InChI=1S/C48H28B2N2O3/c1-3-13-29(14-4-1)51-37-19-9-7-17-33(37)49-35-25-31-32-26-36-46(28-44(32)55-43(31)27-45(35)53-41-23-11-21-39(51)47(41)49)54-42-24-12-22-40-48(42)50(36)34-18-8-10-20-38(34)52(40)30-15-5-2-6-16-30/h1-28H. The monoisotopic (exact) mass is 702 g/mol. The van der Waals surface area contributed by atoms with Crippen molar-refractivity contribution >= 4 is 102 Å². The summed E-state index contributed by atoms with van der Waals surface area (Å²) in [6.45, 7) is -0.0184. The van der Waals surface area contributed by atoms with Crippen molar-refractivity contribution in [3.05, 3.63) is 170 Å². The van der Waals surface area contributed by atoms with Crippen LogP contribution in [0, 0.1) is 0 Å². The van der Waals surface area contributed by atoms with Gasteiger partial charge in [0.05, 0.1) is 0 Å². The molecule has 0 radical (unpaired) electrons. The molecule has 0 N–H and O–H groups in total. The fraction of sp³-hybridized carbons (Fsp3) is 0. The SMILES string of the molecule is c1ccc(N2c3ccccc3B3c4cc5c(cc4Oc4cccc2c43)oc2cc3c(cc25)B2c4ccccc4N(c4ccccc4)c4cccc(c42)O3)cc1. The van der Waals surface area contributed by atoms with E-state index in [1.807, 2.05) is 0 Å². The second kappa shape index (κ2) is 10.7. The summed E-state index contributed by atoms with van der Waals surface area (Å²) in [4.78, 5) is 4.73. The molecule has 9 aromatic rings. The van der Waals surface area contributed by atoms with E-state index in [1.165, 1.54) is 33.2 Å². The van der Waals surface area contributed by atoms with Crippen molar-refractivity contribution in [3.63, 3.8) is 0 Å². The smallest absolute Gasteiger partial charge is 0.256 e. The molecule has 0 fully saturated rings. The number of hydrogen-bond acceptors (Lipinski definition) is 5. The van der Waals surface area contributed by atoms with Crippen LogP contribution in [0.15, 0.2) is 174 Å². The molecule has 0 amide bonds. The van der Waals surface area contributed by atoms with Gasteiger partial charge in [-0.15, -0.1) is 0 Å². The minimum atomic E-state index is -0.00921. The van der Waals surface area contributed by atoms with E-state index in [2.05, 4.69) is 180 Å². The maximum absolute atomic E-state index is 6.79. The van der Waals surface area contributed by atoms with Gasteiger partial charge in [-0.25, -0.2) is 0 Å². The van der Waals surface area contributed by atoms with E-state index in [0.29, 0.717) is 0 Å². The molecule has 5 nitrogen and oxygen atoms in total. The molecular formula is C48H28B2N2O3. The van der Waals surface area contributed by atoms with Crippen molar-refractivity contribution in [1.29, 1.82) is 0 Å². The Morgan fingerprint density at radius 2 is 0.764 bits per heavy atom. The fourth-order valence-electron chi connectivity index (χ4n) is 9.74. The van der Waals surface area contributed by atoms with Gasteiger partial charge in [-0.05, 0) is 93.4 Å². The summed E-state index contributed by atoms with van der Waals surface area (Å²) in [6, 6.07) is 60.4. The molecule has 5 heterocycles. The summed E-state index contributed by atoms with van der Waals surface area (Å²) in [5, 5.41) is 2.14. The van der Waals surface area contributed by atoms with E-state index < -0.39 is 0 Å². The average Bonchev–Trinajstić information content (AvgIpc) is 3.58. The highest BCUT2D eigenvalue weighted by atomic mass is 16.5. The van der Waals surface area contributed by atoms with Gasteiger partial charge in [0.25, 0.3) is 13.4 Å². The molecular weight excluding hydrogens is 674 g/mol. The van der Waals surface area contributed by atoms with E-state index in [9.17, 15) is 0 Å². The van der Waals surface area contributed by atoms with Gasteiger partial charge in [-0.1, -0.05) is 97.1 Å². The maximum Gasteiger partial charge on any atom is 0.256 e. The van der Waals surface area contributed by atoms with Crippen LogP contribution < -0.4 is 52.1 Å². The van der Waals surface area contributed by atoms with Gasteiger partial charge in [0.2, 0.25) is 0 Å². The Bertz CT molecular complexity index is 2880. The van der Waals surface area contributed by atoms with E-state index in [-0.39, 0.29) is 13.4 Å². The third-order valence-corrected chi connectivity index (χ3v) is 11.9. The second-order valence-electron chi connectivity index (χ2n) is 14.8. The lowest BCUT2D eigenvalue weighted by Crippen LogP contribution is -2.59. The number of para-hydroxylation sites is 4. The lowest BCUT2D eigenvalue weighted by Gasteiger charge is -2.40. The molecule has 1 aromatic heterocycles. The quantitative estimate of drug-likeness (QED) is 0.169. The zero-order valence-electron chi connectivity index (χ0n) is 29.4. The highest BCUT2D eigenvalue weighted by Gasteiger charge is 2.44. The molecule has 0 unspecified atom stereocenters. The highest BCUT2D eigenvalue weighted by Crippen LogP contribution is 2.44. The topological polar surface area (TPSA) is 38.1 Å². The molecule has 7 heteroatoms. The first kappa shape index (κ1) is 29.4. The van der Waals surface area contributed by atoms with Crippen LogP contribution in [-0.4, -0.2) is 13.4 Å². The molecule has 0 atom stereocenters. The first-order valence-electron chi connectivity index (χ1n) is 18.8. The molecule has 4 aliphatic heterocycles. The van der Waals surface area contributed by atoms with Gasteiger partial charge in [0.15, 0.2) is 0 Å². The van der Waals surface area contributed by atoms with E-state index in [1.54, 1.807) is 0 Å². The fourth-order valence-corrected chi connectivity index (χ4v) is 9.74. The number of rotatable bonds is 2. The number of nitrogens with zero attached hydrogens (tertiary/aromatic N) is 2. The Labute approximate surface area is 317 Å². The summed E-state index contributed by atoms with van der Waals surface area (Å²) in [5.41, 5.74) is 15.6. The molecule has 4 aliphatic rings. The van der Waals surface area contributed by atoms with Crippen molar-refractivity contribution in [3.8, 4) is 23.0 Å². The van der Waals surface area contributed by atoms with Gasteiger partial charge in [0.1, 0.15) is 34.2 Å². The van der Waals surface area contributed by atoms with Crippen molar-refractivity contribution in [1.82, 2.24) is 0 Å². The second-order valence-corrected chi connectivity index (χ2v) is 14.8. The minimum absolute atomic E-state index is 0.00921. The third kappa shape index (κ3) is 3.94. The van der Waals surface area contributed by atoms with E-state index in [4.69, 9.17) is 13.9 Å². The summed E-state index contributed by atoms with van der Waals surface area (Å²) in [6.07, 6.45) is 0. The number of benzene rings is 8. The highest BCUT2D eigenvalue weighted by molar-refractivity contribution is 7.00. The minimum Gasteiger partial charge on any atom is -0.458 e. The summed E-state index contributed by atoms with van der Waals surface area (Å²) in [7, 11) is 0. The number of anilines is 6. The van der Waals surface area contributed by atoms with Crippen LogP contribution in [0.4, 0.5) is 34.1 Å². The van der Waals surface area contributed by atoms with Crippen molar-refractivity contribution in [2.75, 3.05) is 9.80 Å². The number of furan rings is 1. The van der Waals surface area contributed by atoms with Crippen LogP contribution in [0.1, 0.15) is 0 Å². The molecule has 13 rings (SSSR count). The molecule has 254 valence electrons. The van der Waals surface area contributed by atoms with Gasteiger partial charge < -0.3 is 23.7 Å². The van der Waals surface area contributed by atoms with Crippen molar-refractivity contribution in [2.24, 2.45) is 0 Å². The zero-order chi connectivity index (χ0) is 35.8. The van der Waals surface area contributed by atoms with E-state index >= 15 is 0 Å². The van der Waals surface area contributed by atoms with Crippen molar-refractivity contribution in [2.45, 2.75) is 0 Å². The largest absolute Gasteiger partial charge is 0.458 e. The van der Waals surface area contributed by atoms with E-state index in [0.717, 1.165) is 78.6 Å². The number of fused-ring (bicyclic) bond motifs is 11. The van der Waals surface area contributed by atoms with Gasteiger partial charge >= 0.3 is 0 Å². The summed E-state index contributed by atoms with van der Waals surface area (Å²) >= 11 is 0. The lowest BCUT2D eigenvalue weighted by atomic mass is 9.34. The molecule has 0 saturated heterocycles. The van der Waals surface area contributed by atoms with Crippen LogP contribution in [-0.2, 0) is 0 Å².